The average molecular weight is 287 g/mol. The molecule has 0 unspecified atom stereocenters. The van der Waals surface area contributed by atoms with Crippen molar-refractivity contribution in [1.29, 1.82) is 0 Å². The number of carbonyl (C=O) groups excluding carboxylic acids is 1. The number of H-pyrrole nitrogens is 1. The lowest BCUT2D eigenvalue weighted by Gasteiger charge is -2.27. The Bertz CT molecular complexity index is 648. The van der Waals surface area contributed by atoms with Crippen LogP contribution in [-0.2, 0) is 0 Å². The molecule has 4 rings (SSSR count). The molecule has 20 heavy (non-hydrogen) atoms. The molecular formula is C15H17N3OS. The Morgan fingerprint density at radius 2 is 2.10 bits per heavy atom. The van der Waals surface area contributed by atoms with Gasteiger partial charge in [-0.3, -0.25) is 9.89 Å². The maximum absolute atomic E-state index is 12.5. The van der Waals surface area contributed by atoms with Gasteiger partial charge in [0.1, 0.15) is 0 Å². The number of nitrogens with one attached hydrogen (secondary N) is 1. The number of aromatic amines is 1. The van der Waals surface area contributed by atoms with E-state index >= 15 is 0 Å². The Labute approximate surface area is 121 Å². The lowest BCUT2D eigenvalue weighted by Crippen LogP contribution is -2.28. The Morgan fingerprint density at radius 1 is 1.35 bits per heavy atom. The Balaban J connectivity index is 1.54. The van der Waals surface area contributed by atoms with Gasteiger partial charge in [-0.15, -0.1) is 11.3 Å². The summed E-state index contributed by atoms with van der Waals surface area (Å²) in [5, 5.41) is 7.20. The van der Waals surface area contributed by atoms with Crippen LogP contribution in [-0.4, -0.2) is 34.1 Å². The molecule has 104 valence electrons. The highest BCUT2D eigenvalue weighted by Gasteiger charge is 2.41. The summed E-state index contributed by atoms with van der Waals surface area (Å²) in [6, 6.07) is 6.03. The summed E-state index contributed by atoms with van der Waals surface area (Å²) in [7, 11) is 0. The molecule has 5 heteroatoms. The molecule has 0 bridgehead atoms. The summed E-state index contributed by atoms with van der Waals surface area (Å²) in [4.78, 5) is 16.8. The number of carbonyl (C=O) groups is 1. The Kier molecular flexibility index (Phi) is 2.70. The van der Waals surface area contributed by atoms with Crippen LogP contribution >= 0.6 is 11.3 Å². The fourth-order valence-corrected chi connectivity index (χ4v) is 4.06. The minimum Gasteiger partial charge on any atom is -0.337 e. The summed E-state index contributed by atoms with van der Waals surface area (Å²) < 4.78 is 0. The summed E-state index contributed by atoms with van der Waals surface area (Å²) in [6.07, 6.45) is 2.57. The molecule has 0 radical (unpaired) electrons. The van der Waals surface area contributed by atoms with Crippen molar-refractivity contribution in [2.75, 3.05) is 13.1 Å². The fraction of sp³-hybridized carbons (Fsp3) is 0.467. The third-order valence-corrected chi connectivity index (χ3v) is 5.61. The minimum absolute atomic E-state index is 0.0789. The summed E-state index contributed by atoms with van der Waals surface area (Å²) in [6.45, 7) is 3.92. The van der Waals surface area contributed by atoms with Crippen LogP contribution < -0.4 is 0 Å². The van der Waals surface area contributed by atoms with Gasteiger partial charge in [0.15, 0.2) is 5.69 Å². The predicted molar refractivity (Wildman–Crippen MR) is 78.8 cm³/mol. The number of aryl methyl sites for hydroxylation is 1. The van der Waals surface area contributed by atoms with Gasteiger partial charge >= 0.3 is 0 Å². The lowest BCUT2D eigenvalue weighted by atomic mass is 9.77. The topological polar surface area (TPSA) is 49.0 Å². The first-order valence-corrected chi connectivity index (χ1v) is 7.94. The second-order valence-corrected chi connectivity index (χ2v) is 7.17. The number of thiophene rings is 1. The maximum Gasteiger partial charge on any atom is 0.274 e. The van der Waals surface area contributed by atoms with E-state index in [-0.39, 0.29) is 5.91 Å². The van der Waals surface area contributed by atoms with Gasteiger partial charge in [0.25, 0.3) is 5.91 Å². The van der Waals surface area contributed by atoms with E-state index in [2.05, 4.69) is 29.3 Å². The third-order valence-electron chi connectivity index (χ3n) is 4.57. The van der Waals surface area contributed by atoms with Crippen LogP contribution in [0.2, 0.25) is 0 Å². The number of fused-ring (bicyclic) bond motifs is 1. The quantitative estimate of drug-likeness (QED) is 0.923. The van der Waals surface area contributed by atoms with Crippen LogP contribution in [0.5, 0.6) is 0 Å². The molecule has 1 amide bonds. The van der Waals surface area contributed by atoms with Gasteiger partial charge in [-0.1, -0.05) is 0 Å². The molecule has 1 saturated carbocycles. The Morgan fingerprint density at radius 3 is 2.70 bits per heavy atom. The second-order valence-electron chi connectivity index (χ2n) is 5.88. The van der Waals surface area contributed by atoms with Crippen LogP contribution in [0.3, 0.4) is 0 Å². The molecule has 2 atom stereocenters. The van der Waals surface area contributed by atoms with Gasteiger partial charge in [-0.2, -0.15) is 5.10 Å². The molecular weight excluding hydrogens is 270 g/mol. The smallest absolute Gasteiger partial charge is 0.274 e. The fourth-order valence-electron chi connectivity index (χ4n) is 3.22. The zero-order valence-corrected chi connectivity index (χ0v) is 12.2. The van der Waals surface area contributed by atoms with Crippen molar-refractivity contribution in [1.82, 2.24) is 15.1 Å². The molecule has 1 N–H and O–H groups in total. The van der Waals surface area contributed by atoms with Crippen molar-refractivity contribution in [2.45, 2.75) is 19.8 Å². The maximum atomic E-state index is 12.5. The number of nitrogens with zero attached hydrogens (tertiary/aromatic N) is 2. The molecule has 2 aromatic rings. The third kappa shape index (κ3) is 1.88. The zero-order chi connectivity index (χ0) is 13.7. The predicted octanol–water partition coefficient (Wildman–Crippen LogP) is 2.93. The minimum atomic E-state index is 0.0789. The SMILES string of the molecule is Cc1ccc(-c2cc(C(=O)N3C[C@H]4CC[C@H]4C3)n[nH]2)s1. The van der Waals surface area contributed by atoms with E-state index in [1.807, 2.05) is 11.0 Å². The molecule has 1 saturated heterocycles. The van der Waals surface area contributed by atoms with Crippen molar-refractivity contribution in [3.63, 3.8) is 0 Å². The molecule has 2 aromatic heterocycles. The molecule has 2 aliphatic rings. The molecule has 2 fully saturated rings. The van der Waals surface area contributed by atoms with Crippen LogP contribution in [0.4, 0.5) is 0 Å². The van der Waals surface area contributed by atoms with Crippen molar-refractivity contribution in [3.8, 4) is 10.6 Å². The molecule has 0 spiro atoms. The Hall–Kier alpha value is -1.62. The van der Waals surface area contributed by atoms with E-state index in [1.54, 1.807) is 11.3 Å². The first kappa shape index (κ1) is 12.1. The number of amides is 1. The van der Waals surface area contributed by atoms with Crippen LogP contribution in [0.15, 0.2) is 18.2 Å². The molecule has 1 aliphatic heterocycles. The van der Waals surface area contributed by atoms with Crippen molar-refractivity contribution < 1.29 is 4.79 Å². The highest BCUT2D eigenvalue weighted by atomic mass is 32.1. The lowest BCUT2D eigenvalue weighted by molar-refractivity contribution is 0.0781. The number of hydrogen-bond acceptors (Lipinski definition) is 3. The standard InChI is InChI=1S/C15H17N3OS/c1-9-2-5-14(20-9)12-6-13(17-16-12)15(19)18-7-10-3-4-11(10)8-18/h2,5-6,10-11H,3-4,7-8H2,1H3,(H,16,17)/t10-,11+. The van der Waals surface area contributed by atoms with Crippen molar-refractivity contribution in [3.05, 3.63) is 28.8 Å². The molecule has 4 nitrogen and oxygen atoms in total. The molecule has 1 aliphatic carbocycles. The summed E-state index contributed by atoms with van der Waals surface area (Å²) >= 11 is 1.71. The number of aromatic nitrogens is 2. The first-order chi connectivity index (χ1) is 9.70. The number of rotatable bonds is 2. The van der Waals surface area contributed by atoms with E-state index in [0.717, 1.165) is 35.5 Å². The first-order valence-electron chi connectivity index (χ1n) is 7.12. The van der Waals surface area contributed by atoms with E-state index in [1.165, 1.54) is 17.7 Å². The molecule has 0 aromatic carbocycles. The second kappa shape index (κ2) is 4.45. The highest BCUT2D eigenvalue weighted by Crippen LogP contribution is 2.40. The van der Waals surface area contributed by atoms with Crippen LogP contribution in [0.25, 0.3) is 10.6 Å². The van der Waals surface area contributed by atoms with E-state index in [0.29, 0.717) is 5.69 Å². The summed E-state index contributed by atoms with van der Waals surface area (Å²) in [5.41, 5.74) is 1.49. The number of likely N-dealkylation sites (tertiary alicyclic amines) is 1. The zero-order valence-electron chi connectivity index (χ0n) is 11.4. The van der Waals surface area contributed by atoms with Gasteiger partial charge < -0.3 is 4.90 Å². The van der Waals surface area contributed by atoms with Crippen LogP contribution in [0, 0.1) is 18.8 Å². The normalized spacial score (nSPS) is 24.6. The van der Waals surface area contributed by atoms with E-state index in [9.17, 15) is 4.79 Å². The van der Waals surface area contributed by atoms with Crippen molar-refractivity contribution in [2.24, 2.45) is 11.8 Å². The highest BCUT2D eigenvalue weighted by molar-refractivity contribution is 7.15. The monoisotopic (exact) mass is 287 g/mol. The van der Waals surface area contributed by atoms with E-state index in [4.69, 9.17) is 0 Å². The van der Waals surface area contributed by atoms with E-state index < -0.39 is 0 Å². The van der Waals surface area contributed by atoms with Gasteiger partial charge in [-0.05, 0) is 49.8 Å². The number of hydrogen-bond donors (Lipinski definition) is 1. The van der Waals surface area contributed by atoms with Gasteiger partial charge in [0.05, 0.1) is 10.6 Å². The van der Waals surface area contributed by atoms with Crippen LogP contribution in [0.1, 0.15) is 28.2 Å². The average Bonchev–Trinajstić information content (AvgIpc) is 3.09. The molecule has 3 heterocycles. The van der Waals surface area contributed by atoms with Gasteiger partial charge in [0, 0.05) is 18.0 Å². The largest absolute Gasteiger partial charge is 0.337 e. The van der Waals surface area contributed by atoms with Gasteiger partial charge in [-0.25, -0.2) is 0 Å². The summed E-state index contributed by atoms with van der Waals surface area (Å²) in [5.74, 6) is 1.57. The van der Waals surface area contributed by atoms with Gasteiger partial charge in [0.2, 0.25) is 0 Å². The van der Waals surface area contributed by atoms with Crippen molar-refractivity contribution >= 4 is 17.2 Å².